The van der Waals surface area contributed by atoms with Gasteiger partial charge in [0.2, 0.25) is 0 Å². The summed E-state index contributed by atoms with van der Waals surface area (Å²) in [5.74, 6) is 2.72. The van der Waals surface area contributed by atoms with E-state index in [1.165, 1.54) is 44.9 Å². The SMILES string of the molecule is CCCCC=CC1C2CC(OC3CCCCO3)CC12. The zero-order valence-electron chi connectivity index (χ0n) is 12.2. The van der Waals surface area contributed by atoms with Crippen molar-refractivity contribution in [1.82, 2.24) is 0 Å². The molecule has 19 heavy (non-hydrogen) atoms. The Kier molecular flexibility index (Phi) is 4.60. The Balaban J connectivity index is 1.34. The molecule has 2 aliphatic carbocycles. The lowest BCUT2D eigenvalue weighted by atomic mass is 10.1. The summed E-state index contributed by atoms with van der Waals surface area (Å²) in [6, 6.07) is 0. The van der Waals surface area contributed by atoms with Gasteiger partial charge >= 0.3 is 0 Å². The Morgan fingerprint density at radius 2 is 2.05 bits per heavy atom. The fourth-order valence-corrected chi connectivity index (χ4v) is 3.85. The van der Waals surface area contributed by atoms with Gasteiger partial charge in [0.05, 0.1) is 6.10 Å². The van der Waals surface area contributed by atoms with E-state index in [1.807, 2.05) is 0 Å². The molecule has 2 heteroatoms. The van der Waals surface area contributed by atoms with Gasteiger partial charge in [-0.1, -0.05) is 31.9 Å². The van der Waals surface area contributed by atoms with E-state index in [2.05, 4.69) is 19.1 Å². The number of hydrogen-bond donors (Lipinski definition) is 0. The van der Waals surface area contributed by atoms with E-state index in [4.69, 9.17) is 9.47 Å². The van der Waals surface area contributed by atoms with Crippen molar-refractivity contribution < 1.29 is 9.47 Å². The van der Waals surface area contributed by atoms with Crippen LogP contribution < -0.4 is 0 Å². The van der Waals surface area contributed by atoms with Crippen LogP contribution in [0, 0.1) is 17.8 Å². The molecule has 3 unspecified atom stereocenters. The second-order valence-corrected chi connectivity index (χ2v) is 6.50. The van der Waals surface area contributed by atoms with Gasteiger partial charge < -0.3 is 9.47 Å². The molecule has 0 bridgehead atoms. The van der Waals surface area contributed by atoms with E-state index in [9.17, 15) is 0 Å². The zero-order chi connectivity index (χ0) is 13.1. The standard InChI is InChI=1S/C17H28O2/c1-2-3-4-5-8-14-15-11-13(12-16(14)15)19-17-9-6-7-10-18-17/h5,8,13-17H,2-4,6-7,9-12H2,1H3. The largest absolute Gasteiger partial charge is 0.353 e. The molecule has 0 spiro atoms. The Bertz CT molecular complexity index is 294. The predicted molar refractivity (Wildman–Crippen MR) is 76.8 cm³/mol. The lowest BCUT2D eigenvalue weighted by Crippen LogP contribution is -2.27. The summed E-state index contributed by atoms with van der Waals surface area (Å²) in [6.45, 7) is 3.15. The second-order valence-electron chi connectivity index (χ2n) is 6.50. The average Bonchev–Trinajstić information content (AvgIpc) is 2.89. The lowest BCUT2D eigenvalue weighted by Gasteiger charge is -2.26. The topological polar surface area (TPSA) is 18.5 Å². The smallest absolute Gasteiger partial charge is 0.157 e. The Morgan fingerprint density at radius 1 is 1.21 bits per heavy atom. The van der Waals surface area contributed by atoms with Gasteiger partial charge in [-0.25, -0.2) is 0 Å². The summed E-state index contributed by atoms with van der Waals surface area (Å²) in [5.41, 5.74) is 0. The third-order valence-corrected chi connectivity index (χ3v) is 5.03. The number of allylic oxidation sites excluding steroid dienone is 2. The van der Waals surface area contributed by atoms with Gasteiger partial charge in [-0.05, 0) is 56.3 Å². The van der Waals surface area contributed by atoms with Gasteiger partial charge in [0.25, 0.3) is 0 Å². The number of unbranched alkanes of at least 4 members (excludes halogenated alkanes) is 2. The second kappa shape index (κ2) is 6.41. The van der Waals surface area contributed by atoms with Crippen LogP contribution in [-0.4, -0.2) is 19.0 Å². The summed E-state index contributed by atoms with van der Waals surface area (Å²) in [6.07, 6.45) is 15.5. The van der Waals surface area contributed by atoms with Crippen LogP contribution in [0.25, 0.3) is 0 Å². The molecular weight excluding hydrogens is 236 g/mol. The first kappa shape index (κ1) is 13.6. The minimum Gasteiger partial charge on any atom is -0.353 e. The monoisotopic (exact) mass is 264 g/mol. The highest BCUT2D eigenvalue weighted by Gasteiger charge is 2.55. The molecule has 1 saturated heterocycles. The van der Waals surface area contributed by atoms with Crippen LogP contribution in [0.15, 0.2) is 12.2 Å². The Morgan fingerprint density at radius 3 is 2.74 bits per heavy atom. The molecule has 3 rings (SSSR count). The maximum absolute atomic E-state index is 6.10. The molecule has 3 fully saturated rings. The van der Waals surface area contributed by atoms with Gasteiger partial charge in [-0.2, -0.15) is 0 Å². The van der Waals surface area contributed by atoms with Crippen LogP contribution in [0.2, 0.25) is 0 Å². The maximum Gasteiger partial charge on any atom is 0.157 e. The fraction of sp³-hybridized carbons (Fsp3) is 0.882. The van der Waals surface area contributed by atoms with Crippen LogP contribution in [0.3, 0.4) is 0 Å². The predicted octanol–water partition coefficient (Wildman–Crippen LogP) is 4.30. The molecule has 0 radical (unpaired) electrons. The molecular formula is C17H28O2. The van der Waals surface area contributed by atoms with E-state index in [1.54, 1.807) is 0 Å². The molecule has 0 amide bonds. The minimum atomic E-state index is 0.106. The first-order valence-electron chi connectivity index (χ1n) is 8.32. The molecule has 1 aliphatic heterocycles. The van der Waals surface area contributed by atoms with E-state index in [-0.39, 0.29) is 6.29 Å². The summed E-state index contributed by atoms with van der Waals surface area (Å²) in [7, 11) is 0. The molecule has 2 nitrogen and oxygen atoms in total. The highest BCUT2D eigenvalue weighted by Crippen LogP contribution is 2.59. The van der Waals surface area contributed by atoms with Gasteiger partial charge in [-0.3, -0.25) is 0 Å². The summed E-state index contributed by atoms with van der Waals surface area (Å²) >= 11 is 0. The molecule has 2 saturated carbocycles. The highest BCUT2D eigenvalue weighted by molar-refractivity contribution is 5.13. The fourth-order valence-electron chi connectivity index (χ4n) is 3.85. The van der Waals surface area contributed by atoms with Crippen molar-refractivity contribution in [1.29, 1.82) is 0 Å². The van der Waals surface area contributed by atoms with Crippen LogP contribution in [0.4, 0.5) is 0 Å². The molecule has 0 aromatic carbocycles. The Hall–Kier alpha value is -0.340. The molecule has 108 valence electrons. The summed E-state index contributed by atoms with van der Waals surface area (Å²) < 4.78 is 11.8. The van der Waals surface area contributed by atoms with Crippen molar-refractivity contribution in [3.05, 3.63) is 12.2 Å². The van der Waals surface area contributed by atoms with Crippen molar-refractivity contribution in [2.24, 2.45) is 17.8 Å². The molecule has 0 aromatic heterocycles. The van der Waals surface area contributed by atoms with Gasteiger partial charge in [0, 0.05) is 6.61 Å². The average molecular weight is 264 g/mol. The molecule has 0 aromatic rings. The first-order valence-corrected chi connectivity index (χ1v) is 8.32. The van der Waals surface area contributed by atoms with Crippen LogP contribution >= 0.6 is 0 Å². The van der Waals surface area contributed by atoms with Crippen molar-refractivity contribution in [3.8, 4) is 0 Å². The first-order chi connectivity index (χ1) is 9.38. The maximum atomic E-state index is 6.10. The third kappa shape index (κ3) is 3.41. The van der Waals surface area contributed by atoms with E-state index >= 15 is 0 Å². The number of rotatable bonds is 6. The van der Waals surface area contributed by atoms with Gasteiger partial charge in [0.1, 0.15) is 0 Å². The van der Waals surface area contributed by atoms with Crippen LogP contribution in [0.1, 0.15) is 58.3 Å². The Labute approximate surface area is 117 Å². The van der Waals surface area contributed by atoms with E-state index in [0.29, 0.717) is 6.10 Å². The number of hydrogen-bond acceptors (Lipinski definition) is 2. The normalized spacial score (nSPS) is 41.6. The molecule has 0 N–H and O–H groups in total. The highest BCUT2D eigenvalue weighted by atomic mass is 16.7. The van der Waals surface area contributed by atoms with Gasteiger partial charge in [-0.15, -0.1) is 0 Å². The zero-order valence-corrected chi connectivity index (χ0v) is 12.2. The minimum absolute atomic E-state index is 0.106. The summed E-state index contributed by atoms with van der Waals surface area (Å²) in [4.78, 5) is 0. The summed E-state index contributed by atoms with van der Waals surface area (Å²) in [5, 5.41) is 0. The molecule has 3 atom stereocenters. The van der Waals surface area contributed by atoms with E-state index in [0.717, 1.165) is 30.8 Å². The quantitative estimate of drug-likeness (QED) is 0.526. The van der Waals surface area contributed by atoms with Gasteiger partial charge in [0.15, 0.2) is 6.29 Å². The van der Waals surface area contributed by atoms with Crippen molar-refractivity contribution >= 4 is 0 Å². The number of ether oxygens (including phenoxy) is 2. The van der Waals surface area contributed by atoms with E-state index < -0.39 is 0 Å². The van der Waals surface area contributed by atoms with Crippen molar-refractivity contribution in [3.63, 3.8) is 0 Å². The molecule has 3 aliphatic rings. The van der Waals surface area contributed by atoms with Crippen LogP contribution in [0.5, 0.6) is 0 Å². The van der Waals surface area contributed by atoms with Crippen molar-refractivity contribution in [2.45, 2.75) is 70.7 Å². The molecule has 1 heterocycles. The lowest BCUT2D eigenvalue weighted by molar-refractivity contribution is -0.188. The third-order valence-electron chi connectivity index (χ3n) is 5.03. The van der Waals surface area contributed by atoms with Crippen LogP contribution in [-0.2, 0) is 9.47 Å². The van der Waals surface area contributed by atoms with Crippen molar-refractivity contribution in [2.75, 3.05) is 6.61 Å². The number of fused-ring (bicyclic) bond motifs is 1.